The molecule has 0 N–H and O–H groups in total. The molecule has 0 bridgehead atoms. The Bertz CT molecular complexity index is 747. The first-order valence-electron chi connectivity index (χ1n) is 8.91. The van der Waals surface area contributed by atoms with E-state index in [-0.39, 0.29) is 18.9 Å². The Morgan fingerprint density at radius 1 is 1.23 bits per heavy atom. The molecule has 138 valence electrons. The van der Waals surface area contributed by atoms with E-state index in [1.807, 2.05) is 39.8 Å². The quantitative estimate of drug-likeness (QED) is 0.816. The molecule has 2 aliphatic heterocycles. The van der Waals surface area contributed by atoms with E-state index in [1.54, 1.807) is 11.2 Å². The number of benzene rings is 1. The van der Waals surface area contributed by atoms with Crippen LogP contribution in [0.2, 0.25) is 0 Å². The van der Waals surface area contributed by atoms with Crippen LogP contribution >= 0.6 is 0 Å². The number of ether oxygens (including phenoxy) is 1. The van der Waals surface area contributed by atoms with E-state index < -0.39 is 12.2 Å². The van der Waals surface area contributed by atoms with Gasteiger partial charge in [-0.1, -0.05) is 18.2 Å². The molecule has 7 nitrogen and oxygen atoms in total. The van der Waals surface area contributed by atoms with Crippen molar-refractivity contribution < 1.29 is 13.9 Å². The van der Waals surface area contributed by atoms with Gasteiger partial charge in [-0.05, 0) is 12.1 Å². The molecule has 2 saturated heterocycles. The number of nitrogens with zero attached hydrogens (tertiary/aromatic N) is 5. The van der Waals surface area contributed by atoms with Crippen LogP contribution in [0.5, 0.6) is 0 Å². The topological polar surface area (TPSA) is 63.5 Å². The van der Waals surface area contributed by atoms with Crippen LogP contribution in [0, 0.1) is 0 Å². The van der Waals surface area contributed by atoms with Crippen molar-refractivity contribution in [3.63, 3.8) is 0 Å². The molecule has 0 aliphatic carbocycles. The second-order valence-corrected chi connectivity index (χ2v) is 6.67. The monoisotopic (exact) mass is 359 g/mol. The van der Waals surface area contributed by atoms with Crippen molar-refractivity contribution in [2.45, 2.75) is 25.2 Å². The van der Waals surface area contributed by atoms with Crippen LogP contribution < -0.4 is 0 Å². The second kappa shape index (κ2) is 7.51. The summed E-state index contributed by atoms with van der Waals surface area (Å²) in [6.07, 6.45) is 0.875. The van der Waals surface area contributed by atoms with Gasteiger partial charge in [0.2, 0.25) is 5.91 Å². The predicted octanol–water partition coefficient (Wildman–Crippen LogP) is 1.04. The molecular formula is C18H22FN5O2. The van der Waals surface area contributed by atoms with Crippen molar-refractivity contribution in [1.82, 2.24) is 24.6 Å². The third kappa shape index (κ3) is 3.47. The molecule has 0 unspecified atom stereocenters. The van der Waals surface area contributed by atoms with E-state index in [4.69, 9.17) is 4.74 Å². The molecular weight excluding hydrogens is 337 g/mol. The minimum absolute atomic E-state index is 0.0146. The van der Waals surface area contributed by atoms with Crippen molar-refractivity contribution >= 4 is 5.91 Å². The Hall–Kier alpha value is -2.32. The van der Waals surface area contributed by atoms with Gasteiger partial charge >= 0.3 is 0 Å². The Morgan fingerprint density at radius 3 is 2.77 bits per heavy atom. The van der Waals surface area contributed by atoms with Crippen molar-refractivity contribution in [2.75, 3.05) is 32.8 Å². The summed E-state index contributed by atoms with van der Waals surface area (Å²) in [5, 5.41) is 8.19. The first-order chi connectivity index (χ1) is 12.7. The highest BCUT2D eigenvalue weighted by Gasteiger charge is 2.39. The van der Waals surface area contributed by atoms with Crippen molar-refractivity contribution in [1.29, 1.82) is 0 Å². The number of alkyl halides is 1. The van der Waals surface area contributed by atoms with E-state index in [2.05, 4.69) is 10.2 Å². The zero-order chi connectivity index (χ0) is 17.9. The maximum atomic E-state index is 14.1. The summed E-state index contributed by atoms with van der Waals surface area (Å²) in [5.74, 6) is 0.685. The van der Waals surface area contributed by atoms with Crippen LogP contribution in [0.4, 0.5) is 4.39 Å². The van der Waals surface area contributed by atoms with E-state index in [0.717, 1.165) is 5.69 Å². The number of hydrogen-bond donors (Lipinski definition) is 0. The van der Waals surface area contributed by atoms with Gasteiger partial charge in [0.05, 0.1) is 25.8 Å². The van der Waals surface area contributed by atoms with E-state index in [9.17, 15) is 9.18 Å². The molecule has 0 saturated carbocycles. The Morgan fingerprint density at radius 2 is 2.00 bits per heavy atom. The molecule has 1 amide bonds. The zero-order valence-corrected chi connectivity index (χ0v) is 14.5. The summed E-state index contributed by atoms with van der Waals surface area (Å²) in [6.45, 7) is 2.85. The van der Waals surface area contributed by atoms with Gasteiger partial charge < -0.3 is 9.64 Å². The lowest BCUT2D eigenvalue weighted by Gasteiger charge is -2.32. The molecule has 2 atom stereocenters. The van der Waals surface area contributed by atoms with Crippen LogP contribution in [0.3, 0.4) is 0 Å². The van der Waals surface area contributed by atoms with Crippen LogP contribution in [0.15, 0.2) is 36.7 Å². The standard InChI is InChI=1S/C18H22FN5O2/c19-14-10-16(18(25)22-6-8-26-9-7-22)23(11-14)12-17-21-20-13-24(17)15-4-2-1-3-5-15/h1-5,13-14,16H,6-12H2/t14-,16+/m1/s1. The van der Waals surface area contributed by atoms with Gasteiger partial charge in [0, 0.05) is 31.7 Å². The van der Waals surface area contributed by atoms with Crippen molar-refractivity contribution in [3.8, 4) is 5.69 Å². The van der Waals surface area contributed by atoms with Gasteiger partial charge in [0.25, 0.3) is 0 Å². The van der Waals surface area contributed by atoms with Crippen LogP contribution in [0.1, 0.15) is 12.2 Å². The van der Waals surface area contributed by atoms with Gasteiger partial charge in [0.15, 0.2) is 5.82 Å². The molecule has 2 aliphatic rings. The summed E-state index contributed by atoms with van der Waals surface area (Å²) in [7, 11) is 0. The molecule has 8 heteroatoms. The molecule has 4 rings (SSSR count). The third-order valence-electron chi connectivity index (χ3n) is 4.96. The molecule has 1 aromatic carbocycles. The lowest BCUT2D eigenvalue weighted by Crippen LogP contribution is -2.49. The number of carbonyl (C=O) groups excluding carboxylic acids is 1. The molecule has 0 spiro atoms. The number of para-hydroxylation sites is 1. The smallest absolute Gasteiger partial charge is 0.240 e. The first-order valence-corrected chi connectivity index (χ1v) is 8.91. The van der Waals surface area contributed by atoms with Crippen LogP contribution in [-0.2, 0) is 16.1 Å². The fraction of sp³-hybridized carbons (Fsp3) is 0.500. The van der Waals surface area contributed by atoms with E-state index >= 15 is 0 Å². The Kier molecular flexibility index (Phi) is 4.94. The number of rotatable bonds is 4. The molecule has 0 radical (unpaired) electrons. The number of morpholine rings is 1. The Labute approximate surface area is 151 Å². The minimum Gasteiger partial charge on any atom is -0.378 e. The molecule has 2 fully saturated rings. The Balaban J connectivity index is 1.52. The minimum atomic E-state index is -1.00. The highest BCUT2D eigenvalue weighted by molar-refractivity contribution is 5.82. The van der Waals surface area contributed by atoms with Crippen molar-refractivity contribution in [3.05, 3.63) is 42.5 Å². The van der Waals surface area contributed by atoms with E-state index in [1.165, 1.54) is 0 Å². The number of amides is 1. The van der Waals surface area contributed by atoms with Gasteiger partial charge in [-0.2, -0.15) is 0 Å². The average Bonchev–Trinajstić information content (AvgIpc) is 3.29. The van der Waals surface area contributed by atoms with Crippen LogP contribution in [-0.4, -0.2) is 75.5 Å². The normalized spacial score (nSPS) is 24.1. The highest BCUT2D eigenvalue weighted by Crippen LogP contribution is 2.25. The number of hydrogen-bond acceptors (Lipinski definition) is 5. The molecule has 2 aromatic rings. The fourth-order valence-electron chi connectivity index (χ4n) is 3.63. The van der Waals surface area contributed by atoms with Gasteiger partial charge in [-0.25, -0.2) is 4.39 Å². The van der Waals surface area contributed by atoms with Gasteiger partial charge in [-0.15, -0.1) is 10.2 Å². The average molecular weight is 359 g/mol. The number of likely N-dealkylation sites (tertiary alicyclic amines) is 1. The van der Waals surface area contributed by atoms with Gasteiger partial charge in [-0.3, -0.25) is 14.3 Å². The molecule has 3 heterocycles. The summed E-state index contributed by atoms with van der Waals surface area (Å²) in [6, 6.07) is 9.30. The van der Waals surface area contributed by atoms with Gasteiger partial charge in [0.1, 0.15) is 12.5 Å². The molecule has 1 aromatic heterocycles. The lowest BCUT2D eigenvalue weighted by atomic mass is 10.1. The summed E-state index contributed by atoms with van der Waals surface area (Å²) < 4.78 is 21.3. The predicted molar refractivity (Wildman–Crippen MR) is 92.5 cm³/mol. The maximum absolute atomic E-state index is 14.1. The number of halogens is 1. The largest absolute Gasteiger partial charge is 0.378 e. The number of carbonyl (C=O) groups is 1. The number of aromatic nitrogens is 3. The lowest BCUT2D eigenvalue weighted by molar-refractivity contribution is -0.140. The zero-order valence-electron chi connectivity index (χ0n) is 14.5. The first kappa shape index (κ1) is 17.1. The summed E-state index contributed by atoms with van der Waals surface area (Å²) in [5.41, 5.74) is 0.944. The third-order valence-corrected chi connectivity index (χ3v) is 4.96. The second-order valence-electron chi connectivity index (χ2n) is 6.67. The van der Waals surface area contributed by atoms with Crippen LogP contribution in [0.25, 0.3) is 5.69 Å². The SMILES string of the molecule is O=C([C@@H]1C[C@@H](F)CN1Cc1nncn1-c1ccccc1)N1CCOCC1. The maximum Gasteiger partial charge on any atom is 0.240 e. The molecule has 26 heavy (non-hydrogen) atoms. The summed E-state index contributed by atoms with van der Waals surface area (Å²) >= 11 is 0. The fourth-order valence-corrected chi connectivity index (χ4v) is 3.63. The van der Waals surface area contributed by atoms with Crippen molar-refractivity contribution in [2.24, 2.45) is 0 Å². The highest BCUT2D eigenvalue weighted by atomic mass is 19.1. The van der Waals surface area contributed by atoms with E-state index in [0.29, 0.717) is 38.7 Å². The summed E-state index contributed by atoms with van der Waals surface area (Å²) in [4.78, 5) is 16.5.